The summed E-state index contributed by atoms with van der Waals surface area (Å²) in [7, 11) is 0. The fourth-order valence-electron chi connectivity index (χ4n) is 0.797. The molecule has 10 heavy (non-hydrogen) atoms. The fraction of sp³-hybridized carbons (Fsp3) is 0.429. The molecule has 0 saturated carbocycles. The van der Waals surface area contributed by atoms with E-state index in [-0.39, 0.29) is 6.04 Å². The standard InChI is InChI=1S/C7H11NOS/c1-2-6(8)5-3-10-4-7(5)9/h3-4,6,9H,2,8H2,1H3. The lowest BCUT2D eigenvalue weighted by Crippen LogP contribution is -2.07. The number of thiophene rings is 1. The van der Waals surface area contributed by atoms with Crippen molar-refractivity contribution in [1.82, 2.24) is 0 Å². The molecular formula is C7H11NOS. The molecule has 1 rings (SSSR count). The van der Waals surface area contributed by atoms with Gasteiger partial charge in [0.25, 0.3) is 0 Å². The van der Waals surface area contributed by atoms with Crippen molar-refractivity contribution < 1.29 is 5.11 Å². The van der Waals surface area contributed by atoms with Gasteiger partial charge in [0.15, 0.2) is 0 Å². The molecule has 2 nitrogen and oxygen atoms in total. The van der Waals surface area contributed by atoms with Crippen molar-refractivity contribution in [1.29, 1.82) is 0 Å². The smallest absolute Gasteiger partial charge is 0.131 e. The van der Waals surface area contributed by atoms with E-state index in [0.29, 0.717) is 5.75 Å². The summed E-state index contributed by atoms with van der Waals surface area (Å²) in [6.07, 6.45) is 0.865. The Hall–Kier alpha value is -0.540. The van der Waals surface area contributed by atoms with E-state index in [1.807, 2.05) is 12.3 Å². The van der Waals surface area contributed by atoms with Gasteiger partial charge in [-0.05, 0) is 11.8 Å². The zero-order valence-electron chi connectivity index (χ0n) is 5.87. The van der Waals surface area contributed by atoms with Crippen molar-refractivity contribution in [3.63, 3.8) is 0 Å². The molecule has 3 N–H and O–H groups in total. The van der Waals surface area contributed by atoms with Crippen molar-refractivity contribution in [2.24, 2.45) is 5.73 Å². The second kappa shape index (κ2) is 3.03. The lowest BCUT2D eigenvalue weighted by molar-refractivity contribution is 0.463. The molecule has 0 aliphatic heterocycles. The van der Waals surface area contributed by atoms with Crippen LogP contribution in [0, 0.1) is 0 Å². The number of aromatic hydroxyl groups is 1. The van der Waals surface area contributed by atoms with E-state index in [1.54, 1.807) is 5.38 Å². The Kier molecular flexibility index (Phi) is 2.29. The molecule has 0 saturated heterocycles. The van der Waals surface area contributed by atoms with Gasteiger partial charge in [0.05, 0.1) is 0 Å². The maximum absolute atomic E-state index is 9.18. The van der Waals surface area contributed by atoms with Gasteiger partial charge < -0.3 is 10.8 Å². The van der Waals surface area contributed by atoms with Gasteiger partial charge in [0, 0.05) is 17.0 Å². The Bertz CT molecular complexity index is 209. The third-order valence-electron chi connectivity index (χ3n) is 1.51. The van der Waals surface area contributed by atoms with Crippen LogP contribution >= 0.6 is 11.3 Å². The summed E-state index contributed by atoms with van der Waals surface area (Å²) in [6.45, 7) is 2.00. The van der Waals surface area contributed by atoms with Crippen LogP contribution in [0.15, 0.2) is 10.8 Å². The molecule has 0 bridgehead atoms. The summed E-state index contributed by atoms with van der Waals surface area (Å²) in [6, 6.07) is -0.00810. The van der Waals surface area contributed by atoms with Crippen LogP contribution in [0.1, 0.15) is 24.9 Å². The van der Waals surface area contributed by atoms with Crippen LogP contribution in [-0.2, 0) is 0 Å². The molecule has 0 spiro atoms. The summed E-state index contributed by atoms with van der Waals surface area (Å²) in [5.41, 5.74) is 6.55. The second-order valence-electron chi connectivity index (χ2n) is 2.23. The van der Waals surface area contributed by atoms with Gasteiger partial charge >= 0.3 is 0 Å². The van der Waals surface area contributed by atoms with E-state index >= 15 is 0 Å². The molecule has 1 heterocycles. The van der Waals surface area contributed by atoms with Gasteiger partial charge in [-0.3, -0.25) is 0 Å². The zero-order chi connectivity index (χ0) is 7.56. The number of hydrogen-bond donors (Lipinski definition) is 2. The summed E-state index contributed by atoms with van der Waals surface area (Å²) in [4.78, 5) is 0. The van der Waals surface area contributed by atoms with Gasteiger partial charge in [0.2, 0.25) is 0 Å². The molecule has 1 aromatic heterocycles. The molecule has 0 aliphatic carbocycles. The number of rotatable bonds is 2. The molecule has 0 aliphatic rings. The fourth-order valence-corrected chi connectivity index (χ4v) is 1.57. The summed E-state index contributed by atoms with van der Waals surface area (Å²) in [5.74, 6) is 0.333. The lowest BCUT2D eigenvalue weighted by atomic mass is 10.1. The minimum atomic E-state index is -0.00810. The van der Waals surface area contributed by atoms with E-state index < -0.39 is 0 Å². The summed E-state index contributed by atoms with van der Waals surface area (Å²) >= 11 is 1.48. The van der Waals surface area contributed by atoms with Crippen LogP contribution in [0.25, 0.3) is 0 Å². The Morgan fingerprint density at radius 3 is 2.80 bits per heavy atom. The van der Waals surface area contributed by atoms with Gasteiger partial charge in [-0.15, -0.1) is 11.3 Å². The van der Waals surface area contributed by atoms with Gasteiger partial charge in [-0.25, -0.2) is 0 Å². The Morgan fingerprint density at radius 2 is 2.40 bits per heavy atom. The SMILES string of the molecule is CCC(N)c1cscc1O. The normalized spacial score (nSPS) is 13.4. The molecule has 3 heteroatoms. The maximum Gasteiger partial charge on any atom is 0.131 e. The van der Waals surface area contributed by atoms with Crippen molar-refractivity contribution >= 4 is 11.3 Å². The van der Waals surface area contributed by atoms with Crippen LogP contribution in [0.3, 0.4) is 0 Å². The van der Waals surface area contributed by atoms with Crippen molar-refractivity contribution in [3.05, 3.63) is 16.3 Å². The first-order chi connectivity index (χ1) is 4.75. The van der Waals surface area contributed by atoms with Gasteiger partial charge in [-0.1, -0.05) is 6.92 Å². The molecule has 1 atom stereocenters. The summed E-state index contributed by atoms with van der Waals surface area (Å²) < 4.78 is 0. The maximum atomic E-state index is 9.18. The molecule has 1 unspecified atom stereocenters. The van der Waals surface area contributed by atoms with Crippen LogP contribution in [-0.4, -0.2) is 5.11 Å². The molecule has 56 valence electrons. The molecule has 0 radical (unpaired) electrons. The van der Waals surface area contributed by atoms with Crippen molar-refractivity contribution in [3.8, 4) is 5.75 Å². The van der Waals surface area contributed by atoms with Crippen LogP contribution in [0.4, 0.5) is 0 Å². The van der Waals surface area contributed by atoms with Gasteiger partial charge in [0.1, 0.15) is 5.75 Å². The quantitative estimate of drug-likeness (QED) is 0.688. The highest BCUT2D eigenvalue weighted by Gasteiger charge is 2.08. The second-order valence-corrected chi connectivity index (χ2v) is 2.97. The van der Waals surface area contributed by atoms with E-state index in [0.717, 1.165) is 12.0 Å². The van der Waals surface area contributed by atoms with Crippen LogP contribution < -0.4 is 5.73 Å². The van der Waals surface area contributed by atoms with Crippen molar-refractivity contribution in [2.45, 2.75) is 19.4 Å². The summed E-state index contributed by atoms with van der Waals surface area (Å²) in [5, 5.41) is 12.8. The zero-order valence-corrected chi connectivity index (χ0v) is 6.69. The number of nitrogens with two attached hydrogens (primary N) is 1. The lowest BCUT2D eigenvalue weighted by Gasteiger charge is -2.05. The van der Waals surface area contributed by atoms with Crippen LogP contribution in [0.2, 0.25) is 0 Å². The Labute approximate surface area is 64.3 Å². The molecule has 0 amide bonds. The largest absolute Gasteiger partial charge is 0.507 e. The van der Waals surface area contributed by atoms with Crippen LogP contribution in [0.5, 0.6) is 5.75 Å². The Balaban J connectivity index is 2.82. The first-order valence-corrected chi connectivity index (χ1v) is 4.20. The van der Waals surface area contributed by atoms with E-state index in [2.05, 4.69) is 0 Å². The predicted molar refractivity (Wildman–Crippen MR) is 43.2 cm³/mol. The topological polar surface area (TPSA) is 46.2 Å². The van der Waals surface area contributed by atoms with E-state index in [9.17, 15) is 5.11 Å². The highest BCUT2D eigenvalue weighted by molar-refractivity contribution is 7.08. The van der Waals surface area contributed by atoms with E-state index in [1.165, 1.54) is 11.3 Å². The predicted octanol–water partition coefficient (Wildman–Crippen LogP) is 1.86. The monoisotopic (exact) mass is 157 g/mol. The van der Waals surface area contributed by atoms with Crippen molar-refractivity contribution in [2.75, 3.05) is 0 Å². The third kappa shape index (κ3) is 1.30. The first-order valence-electron chi connectivity index (χ1n) is 3.26. The van der Waals surface area contributed by atoms with Gasteiger partial charge in [-0.2, -0.15) is 0 Å². The molecule has 1 aromatic rings. The molecular weight excluding hydrogens is 146 g/mol. The first kappa shape index (κ1) is 7.57. The highest BCUT2D eigenvalue weighted by Crippen LogP contribution is 2.27. The highest BCUT2D eigenvalue weighted by atomic mass is 32.1. The molecule has 0 fully saturated rings. The van der Waals surface area contributed by atoms with E-state index in [4.69, 9.17) is 5.73 Å². The minimum absolute atomic E-state index is 0.00810. The minimum Gasteiger partial charge on any atom is -0.507 e. The average molecular weight is 157 g/mol. The number of hydrogen-bond acceptors (Lipinski definition) is 3. The Morgan fingerprint density at radius 1 is 1.70 bits per heavy atom. The third-order valence-corrected chi connectivity index (χ3v) is 2.26. The average Bonchev–Trinajstić information content (AvgIpc) is 2.34. The molecule has 0 aromatic carbocycles.